The zero-order valence-electron chi connectivity index (χ0n) is 11.4. The van der Waals surface area contributed by atoms with Gasteiger partial charge in [-0.3, -0.25) is 0 Å². The van der Waals surface area contributed by atoms with E-state index in [4.69, 9.17) is 5.73 Å². The van der Waals surface area contributed by atoms with Gasteiger partial charge in [-0.25, -0.2) is 5.01 Å². The van der Waals surface area contributed by atoms with Gasteiger partial charge in [-0.1, -0.05) is 6.92 Å². The summed E-state index contributed by atoms with van der Waals surface area (Å²) < 4.78 is 0. The van der Waals surface area contributed by atoms with Crippen LogP contribution in [0.3, 0.4) is 0 Å². The summed E-state index contributed by atoms with van der Waals surface area (Å²) in [7, 11) is 0. The van der Waals surface area contributed by atoms with E-state index < -0.39 is 0 Å². The molecule has 0 saturated carbocycles. The Kier molecular flexibility index (Phi) is 3.19. The summed E-state index contributed by atoms with van der Waals surface area (Å²) in [4.78, 5) is 12.8. The molecule has 2 heterocycles. The second-order valence-corrected chi connectivity index (χ2v) is 5.30. The van der Waals surface area contributed by atoms with E-state index in [1.807, 2.05) is 11.9 Å². The van der Waals surface area contributed by atoms with Gasteiger partial charge in [0.05, 0.1) is 5.54 Å². The average Bonchev–Trinajstić information content (AvgIpc) is 2.51. The highest BCUT2D eigenvalue weighted by Crippen LogP contribution is 2.30. The number of nitrogens with two attached hydrogens (primary N) is 1. The number of anilines is 2. The molecule has 0 radical (unpaired) electrons. The standard InChI is InChI=1S/C12H20N6/c1-5-6-9-14-10(13)16-11(15-9)18-12(3,4)7-8(2)17-18/h5-7H2,1-4H3,(H2,13,14,15,16). The number of aromatic nitrogens is 3. The molecule has 1 aromatic heterocycles. The molecule has 0 bridgehead atoms. The van der Waals surface area contributed by atoms with E-state index in [0.29, 0.717) is 5.95 Å². The number of nitrogen functional groups attached to an aromatic ring is 1. The lowest BCUT2D eigenvalue weighted by atomic mass is 9.99. The zero-order chi connectivity index (χ0) is 13.3. The van der Waals surface area contributed by atoms with Crippen LogP contribution < -0.4 is 10.7 Å². The Balaban J connectivity index is 2.38. The maximum absolute atomic E-state index is 5.74. The summed E-state index contributed by atoms with van der Waals surface area (Å²) in [5.74, 6) is 1.54. The van der Waals surface area contributed by atoms with Crippen LogP contribution in [0.25, 0.3) is 0 Å². The Hall–Kier alpha value is -1.72. The Morgan fingerprint density at radius 3 is 2.56 bits per heavy atom. The van der Waals surface area contributed by atoms with Gasteiger partial charge in [0.25, 0.3) is 5.95 Å². The van der Waals surface area contributed by atoms with Crippen LogP contribution in [0.1, 0.15) is 46.4 Å². The normalized spacial score (nSPS) is 18.0. The lowest BCUT2D eigenvalue weighted by Crippen LogP contribution is -2.37. The van der Waals surface area contributed by atoms with Crippen LogP contribution in [0.4, 0.5) is 11.9 Å². The second-order valence-electron chi connectivity index (χ2n) is 5.30. The quantitative estimate of drug-likeness (QED) is 0.881. The first-order valence-electron chi connectivity index (χ1n) is 6.27. The van der Waals surface area contributed by atoms with E-state index in [9.17, 15) is 0 Å². The van der Waals surface area contributed by atoms with Gasteiger partial charge >= 0.3 is 0 Å². The summed E-state index contributed by atoms with van der Waals surface area (Å²) in [5, 5.41) is 6.34. The molecule has 0 saturated heterocycles. The molecule has 0 atom stereocenters. The van der Waals surface area contributed by atoms with Crippen molar-refractivity contribution in [3.05, 3.63) is 5.82 Å². The van der Waals surface area contributed by atoms with Crippen molar-refractivity contribution in [1.82, 2.24) is 15.0 Å². The summed E-state index contributed by atoms with van der Waals surface area (Å²) in [5.41, 5.74) is 6.71. The van der Waals surface area contributed by atoms with Crippen molar-refractivity contribution in [2.75, 3.05) is 10.7 Å². The number of hydrogen-bond acceptors (Lipinski definition) is 6. The molecular weight excluding hydrogens is 228 g/mol. The summed E-state index contributed by atoms with van der Waals surface area (Å²) in [6.45, 7) is 8.33. The van der Waals surface area contributed by atoms with Gasteiger partial charge in [-0.05, 0) is 27.2 Å². The van der Waals surface area contributed by atoms with Crippen molar-refractivity contribution in [1.29, 1.82) is 0 Å². The minimum atomic E-state index is -0.110. The molecule has 18 heavy (non-hydrogen) atoms. The third kappa shape index (κ3) is 2.42. The number of nitrogens with zero attached hydrogens (tertiary/aromatic N) is 5. The van der Waals surface area contributed by atoms with E-state index in [-0.39, 0.29) is 11.5 Å². The van der Waals surface area contributed by atoms with Crippen molar-refractivity contribution in [3.63, 3.8) is 0 Å². The SMILES string of the molecule is CCCc1nc(N)nc(N2N=C(C)CC2(C)C)n1. The molecular formula is C12H20N6. The Labute approximate surface area is 107 Å². The highest BCUT2D eigenvalue weighted by atomic mass is 15.6. The molecule has 0 fully saturated rings. The first-order valence-corrected chi connectivity index (χ1v) is 6.27. The third-order valence-electron chi connectivity index (χ3n) is 2.88. The predicted molar refractivity (Wildman–Crippen MR) is 72.5 cm³/mol. The molecule has 1 aliphatic heterocycles. The van der Waals surface area contributed by atoms with Gasteiger partial charge in [0, 0.05) is 18.6 Å². The fourth-order valence-corrected chi connectivity index (χ4v) is 2.21. The molecule has 0 aliphatic carbocycles. The van der Waals surface area contributed by atoms with Gasteiger partial charge in [-0.15, -0.1) is 0 Å². The lowest BCUT2D eigenvalue weighted by Gasteiger charge is -2.28. The van der Waals surface area contributed by atoms with Gasteiger partial charge < -0.3 is 5.73 Å². The van der Waals surface area contributed by atoms with Crippen LogP contribution in [0, 0.1) is 0 Å². The van der Waals surface area contributed by atoms with Crippen LogP contribution in [0.2, 0.25) is 0 Å². The van der Waals surface area contributed by atoms with Crippen LogP contribution in [0.5, 0.6) is 0 Å². The Morgan fingerprint density at radius 1 is 1.28 bits per heavy atom. The van der Waals surface area contributed by atoms with Gasteiger partial charge in [0.15, 0.2) is 0 Å². The molecule has 2 N–H and O–H groups in total. The second kappa shape index (κ2) is 4.51. The third-order valence-corrected chi connectivity index (χ3v) is 2.88. The number of aryl methyl sites for hydroxylation is 1. The fraction of sp³-hybridized carbons (Fsp3) is 0.667. The van der Waals surface area contributed by atoms with Crippen molar-refractivity contribution in [2.45, 2.75) is 52.5 Å². The molecule has 6 nitrogen and oxygen atoms in total. The predicted octanol–water partition coefficient (Wildman–Crippen LogP) is 1.77. The van der Waals surface area contributed by atoms with Crippen LogP contribution in [-0.4, -0.2) is 26.2 Å². The fourth-order valence-electron chi connectivity index (χ4n) is 2.21. The van der Waals surface area contributed by atoms with Crippen LogP contribution >= 0.6 is 0 Å². The Morgan fingerprint density at radius 2 is 2.00 bits per heavy atom. The summed E-state index contributed by atoms with van der Waals surface area (Å²) in [6.07, 6.45) is 2.69. The molecule has 0 amide bonds. The van der Waals surface area contributed by atoms with E-state index >= 15 is 0 Å². The lowest BCUT2D eigenvalue weighted by molar-refractivity contribution is 0.504. The minimum Gasteiger partial charge on any atom is -0.368 e. The smallest absolute Gasteiger partial charge is 0.251 e. The molecule has 0 aromatic carbocycles. The van der Waals surface area contributed by atoms with Gasteiger partial charge in [0.2, 0.25) is 5.95 Å². The maximum atomic E-state index is 5.74. The monoisotopic (exact) mass is 248 g/mol. The number of hydrazone groups is 1. The summed E-state index contributed by atoms with van der Waals surface area (Å²) in [6, 6.07) is 0. The summed E-state index contributed by atoms with van der Waals surface area (Å²) >= 11 is 0. The molecule has 0 spiro atoms. The average molecular weight is 248 g/mol. The first-order chi connectivity index (χ1) is 8.42. The van der Waals surface area contributed by atoms with E-state index in [2.05, 4.69) is 40.8 Å². The largest absolute Gasteiger partial charge is 0.368 e. The Bertz CT molecular complexity index is 479. The van der Waals surface area contributed by atoms with Crippen molar-refractivity contribution < 1.29 is 0 Å². The van der Waals surface area contributed by atoms with Gasteiger partial charge in [-0.2, -0.15) is 20.1 Å². The molecule has 1 aliphatic rings. The maximum Gasteiger partial charge on any atom is 0.251 e. The van der Waals surface area contributed by atoms with Crippen molar-refractivity contribution in [2.24, 2.45) is 5.10 Å². The highest BCUT2D eigenvalue weighted by molar-refractivity contribution is 5.86. The van der Waals surface area contributed by atoms with E-state index in [1.54, 1.807) is 0 Å². The van der Waals surface area contributed by atoms with Crippen molar-refractivity contribution in [3.8, 4) is 0 Å². The van der Waals surface area contributed by atoms with Crippen LogP contribution in [-0.2, 0) is 6.42 Å². The topological polar surface area (TPSA) is 80.3 Å². The first kappa shape index (κ1) is 12.7. The molecule has 1 aromatic rings. The van der Waals surface area contributed by atoms with E-state index in [1.165, 1.54) is 0 Å². The van der Waals surface area contributed by atoms with Crippen molar-refractivity contribution >= 4 is 17.6 Å². The van der Waals surface area contributed by atoms with Gasteiger partial charge in [0.1, 0.15) is 5.82 Å². The molecule has 6 heteroatoms. The molecule has 98 valence electrons. The van der Waals surface area contributed by atoms with E-state index in [0.717, 1.165) is 30.8 Å². The zero-order valence-corrected chi connectivity index (χ0v) is 11.4. The number of rotatable bonds is 3. The molecule has 2 rings (SSSR count). The highest BCUT2D eigenvalue weighted by Gasteiger charge is 2.35. The van der Waals surface area contributed by atoms with Crippen LogP contribution in [0.15, 0.2) is 5.10 Å². The minimum absolute atomic E-state index is 0.110. The number of hydrogen-bond donors (Lipinski definition) is 1. The molecule has 0 unspecified atom stereocenters.